The molecule has 0 N–H and O–H groups in total. The van der Waals surface area contributed by atoms with E-state index < -0.39 is 0 Å². The summed E-state index contributed by atoms with van der Waals surface area (Å²) in [4.78, 5) is 14.9. The van der Waals surface area contributed by atoms with Crippen LogP contribution < -0.4 is 0 Å². The first-order valence-corrected chi connectivity index (χ1v) is 8.08. The Morgan fingerprint density at radius 3 is 2.37 bits per heavy atom. The molecule has 1 saturated heterocycles. The molecule has 19 heavy (non-hydrogen) atoms. The Bertz CT molecular complexity index is 336. The van der Waals surface area contributed by atoms with Crippen LogP contribution in [0.2, 0.25) is 0 Å². The molecule has 1 heterocycles. The van der Waals surface area contributed by atoms with Crippen molar-refractivity contribution >= 4 is 5.91 Å². The first-order valence-electron chi connectivity index (χ1n) is 8.08. The van der Waals surface area contributed by atoms with Gasteiger partial charge in [0.2, 0.25) is 5.91 Å². The molecular formula is C17H31NO. The molecule has 0 aromatic carbocycles. The molecule has 2 heteroatoms. The van der Waals surface area contributed by atoms with Gasteiger partial charge in [-0.1, -0.05) is 34.6 Å². The molecule has 2 aliphatic rings. The lowest BCUT2D eigenvalue weighted by Gasteiger charge is -2.45. The number of carbonyl (C=O) groups is 1. The summed E-state index contributed by atoms with van der Waals surface area (Å²) in [6.07, 6.45) is 8.68. The maximum absolute atomic E-state index is 12.6. The van der Waals surface area contributed by atoms with Crippen LogP contribution in [0.15, 0.2) is 0 Å². The van der Waals surface area contributed by atoms with Crippen LogP contribution in [0.5, 0.6) is 0 Å². The molecule has 2 rings (SSSR count). The molecule has 0 aromatic heterocycles. The van der Waals surface area contributed by atoms with E-state index in [1.807, 2.05) is 13.8 Å². The van der Waals surface area contributed by atoms with E-state index in [4.69, 9.17) is 0 Å². The van der Waals surface area contributed by atoms with Gasteiger partial charge in [0.15, 0.2) is 0 Å². The Balaban J connectivity index is 2.08. The minimum Gasteiger partial charge on any atom is -0.334 e. The zero-order chi connectivity index (χ0) is 14.3. The van der Waals surface area contributed by atoms with E-state index in [2.05, 4.69) is 25.7 Å². The third kappa shape index (κ3) is 3.32. The summed E-state index contributed by atoms with van der Waals surface area (Å²) >= 11 is 0. The number of piperidine rings is 1. The highest BCUT2D eigenvalue weighted by atomic mass is 16.2. The highest BCUT2D eigenvalue weighted by Gasteiger charge is 2.54. The van der Waals surface area contributed by atoms with Gasteiger partial charge in [-0.15, -0.1) is 0 Å². The van der Waals surface area contributed by atoms with Crippen LogP contribution in [0, 0.1) is 11.3 Å². The number of hydrogen-bond donors (Lipinski definition) is 0. The lowest BCUT2D eigenvalue weighted by atomic mass is 9.84. The van der Waals surface area contributed by atoms with Gasteiger partial charge in [-0.2, -0.15) is 0 Å². The van der Waals surface area contributed by atoms with E-state index in [9.17, 15) is 4.79 Å². The molecule has 2 nitrogen and oxygen atoms in total. The van der Waals surface area contributed by atoms with E-state index in [0.29, 0.717) is 17.4 Å². The van der Waals surface area contributed by atoms with Crippen molar-refractivity contribution in [3.8, 4) is 0 Å². The van der Waals surface area contributed by atoms with E-state index in [1.54, 1.807) is 0 Å². The fourth-order valence-corrected chi connectivity index (χ4v) is 3.50. The second kappa shape index (κ2) is 5.10. The minimum absolute atomic E-state index is 0.146. The quantitative estimate of drug-likeness (QED) is 0.741. The summed E-state index contributed by atoms with van der Waals surface area (Å²) < 4.78 is 0. The first kappa shape index (κ1) is 14.9. The van der Waals surface area contributed by atoms with Crippen LogP contribution in [-0.2, 0) is 4.79 Å². The summed E-state index contributed by atoms with van der Waals surface area (Å²) in [6, 6.07) is 0.505. The molecule has 1 spiro atoms. The summed E-state index contributed by atoms with van der Waals surface area (Å²) in [6.45, 7) is 11.0. The number of nitrogens with zero attached hydrogens (tertiary/aromatic N) is 1. The van der Waals surface area contributed by atoms with Crippen LogP contribution >= 0.6 is 0 Å². The van der Waals surface area contributed by atoms with Crippen molar-refractivity contribution in [2.24, 2.45) is 11.3 Å². The highest BCUT2D eigenvalue weighted by Crippen LogP contribution is 2.51. The Morgan fingerprint density at radius 1 is 1.26 bits per heavy atom. The molecule has 110 valence electrons. The fraction of sp³-hybridized carbons (Fsp3) is 0.941. The molecular weight excluding hydrogens is 234 g/mol. The smallest absolute Gasteiger partial charge is 0.225 e. The van der Waals surface area contributed by atoms with E-state index in [-0.39, 0.29) is 11.5 Å². The van der Waals surface area contributed by atoms with E-state index in [0.717, 1.165) is 0 Å². The van der Waals surface area contributed by atoms with Crippen LogP contribution in [0.1, 0.15) is 79.6 Å². The Morgan fingerprint density at radius 2 is 1.89 bits per heavy atom. The maximum atomic E-state index is 12.6. The van der Waals surface area contributed by atoms with Crippen molar-refractivity contribution in [1.29, 1.82) is 0 Å². The number of rotatable bonds is 3. The Hall–Kier alpha value is -0.530. The number of likely N-dealkylation sites (tertiary alicyclic amines) is 1. The second-order valence-corrected chi connectivity index (χ2v) is 8.23. The lowest BCUT2D eigenvalue weighted by Crippen LogP contribution is -2.53. The van der Waals surface area contributed by atoms with Crippen molar-refractivity contribution in [3.05, 3.63) is 0 Å². The third-order valence-electron chi connectivity index (χ3n) is 4.84. The molecule has 0 aromatic rings. The molecule has 2 fully saturated rings. The lowest BCUT2D eigenvalue weighted by molar-refractivity contribution is -0.143. The Labute approximate surface area is 118 Å². The van der Waals surface area contributed by atoms with Crippen LogP contribution in [0.25, 0.3) is 0 Å². The predicted octanol–water partition coefficient (Wildman–Crippen LogP) is 4.38. The number of amides is 1. The molecule has 1 atom stereocenters. The molecule has 0 radical (unpaired) electrons. The van der Waals surface area contributed by atoms with Crippen molar-refractivity contribution < 1.29 is 4.79 Å². The second-order valence-electron chi connectivity index (χ2n) is 8.23. The average Bonchev–Trinajstić information content (AvgIpc) is 3.05. The summed E-state index contributed by atoms with van der Waals surface area (Å²) in [7, 11) is 0. The normalized spacial score (nSPS) is 26.0. The van der Waals surface area contributed by atoms with Gasteiger partial charge in [0.1, 0.15) is 0 Å². The fourth-order valence-electron chi connectivity index (χ4n) is 3.50. The first-order chi connectivity index (χ1) is 8.75. The summed E-state index contributed by atoms with van der Waals surface area (Å²) in [5.74, 6) is 0.545. The molecule has 1 amide bonds. The highest BCUT2D eigenvalue weighted by molar-refractivity contribution is 5.80. The van der Waals surface area contributed by atoms with Gasteiger partial charge in [0, 0.05) is 17.5 Å². The van der Waals surface area contributed by atoms with Crippen LogP contribution in [-0.4, -0.2) is 22.4 Å². The predicted molar refractivity (Wildman–Crippen MR) is 80.0 cm³/mol. The van der Waals surface area contributed by atoms with Crippen molar-refractivity contribution in [1.82, 2.24) is 4.90 Å². The molecule has 1 aliphatic heterocycles. The molecule has 0 bridgehead atoms. The van der Waals surface area contributed by atoms with Gasteiger partial charge in [-0.05, 0) is 50.4 Å². The average molecular weight is 265 g/mol. The van der Waals surface area contributed by atoms with Crippen molar-refractivity contribution in [3.63, 3.8) is 0 Å². The number of carbonyl (C=O) groups excluding carboxylic acids is 1. The topological polar surface area (TPSA) is 20.3 Å². The van der Waals surface area contributed by atoms with E-state index in [1.165, 1.54) is 44.9 Å². The van der Waals surface area contributed by atoms with Gasteiger partial charge in [-0.25, -0.2) is 0 Å². The zero-order valence-electron chi connectivity index (χ0n) is 13.5. The molecule has 1 saturated carbocycles. The molecule has 1 aliphatic carbocycles. The minimum atomic E-state index is 0.146. The Kier molecular flexibility index (Phi) is 3.99. The van der Waals surface area contributed by atoms with Gasteiger partial charge in [-0.3, -0.25) is 4.79 Å². The SMILES string of the molecule is CC(C)C(=O)N1C(CCC(C)(C)C)CCCC12CC2. The summed E-state index contributed by atoms with van der Waals surface area (Å²) in [5, 5.41) is 0. The zero-order valence-corrected chi connectivity index (χ0v) is 13.5. The van der Waals surface area contributed by atoms with Gasteiger partial charge in [0.25, 0.3) is 0 Å². The van der Waals surface area contributed by atoms with Gasteiger partial charge < -0.3 is 4.90 Å². The standard InChI is InChI=1S/C17H31NO/c1-13(2)15(19)18-14(8-10-16(3,4)5)7-6-9-17(18)11-12-17/h13-14H,6-12H2,1-5H3. The largest absolute Gasteiger partial charge is 0.334 e. The van der Waals surface area contributed by atoms with E-state index >= 15 is 0 Å². The number of hydrogen-bond acceptors (Lipinski definition) is 1. The van der Waals surface area contributed by atoms with Crippen molar-refractivity contribution in [2.45, 2.75) is 91.1 Å². The monoisotopic (exact) mass is 265 g/mol. The summed E-state index contributed by atoms with van der Waals surface area (Å²) in [5.41, 5.74) is 0.656. The van der Waals surface area contributed by atoms with Crippen LogP contribution in [0.3, 0.4) is 0 Å². The van der Waals surface area contributed by atoms with Gasteiger partial charge >= 0.3 is 0 Å². The van der Waals surface area contributed by atoms with Crippen molar-refractivity contribution in [2.75, 3.05) is 0 Å². The van der Waals surface area contributed by atoms with Crippen LogP contribution in [0.4, 0.5) is 0 Å². The third-order valence-corrected chi connectivity index (χ3v) is 4.84. The molecule has 1 unspecified atom stereocenters. The van der Waals surface area contributed by atoms with Gasteiger partial charge in [0.05, 0.1) is 0 Å². The maximum Gasteiger partial charge on any atom is 0.225 e.